The molecular weight excluding hydrogens is 938 g/mol. The van der Waals surface area contributed by atoms with Crippen LogP contribution >= 0.6 is 0 Å². The molecule has 0 aliphatic carbocycles. The molecule has 78 heavy (non-hydrogen) atoms. The summed E-state index contributed by atoms with van der Waals surface area (Å²) in [6, 6.07) is 40.8. The number of aromatic nitrogens is 2. The molecular formula is C74H90B2N2. The number of rotatable bonds is 4. The van der Waals surface area contributed by atoms with E-state index in [9.17, 15) is 0 Å². The average molecular weight is 1030 g/mol. The first kappa shape index (κ1) is 54.2. The van der Waals surface area contributed by atoms with Crippen molar-refractivity contribution < 1.29 is 0 Å². The molecule has 4 heteroatoms. The minimum absolute atomic E-state index is 0.0306. The predicted molar refractivity (Wildman–Crippen MR) is 347 cm³/mol. The molecule has 0 saturated heterocycles. The van der Waals surface area contributed by atoms with Crippen LogP contribution in [0.2, 0.25) is 0 Å². The second kappa shape index (κ2) is 17.4. The summed E-state index contributed by atoms with van der Waals surface area (Å²) >= 11 is 0. The Labute approximate surface area is 471 Å². The summed E-state index contributed by atoms with van der Waals surface area (Å²) < 4.78 is 5.46. The van der Waals surface area contributed by atoms with Crippen molar-refractivity contribution in [1.82, 2.24) is 9.13 Å². The van der Waals surface area contributed by atoms with Crippen molar-refractivity contribution in [2.24, 2.45) is 0 Å². The summed E-state index contributed by atoms with van der Waals surface area (Å²) in [6.45, 7) is 57.9. The first-order valence-corrected chi connectivity index (χ1v) is 29.7. The van der Waals surface area contributed by atoms with Crippen LogP contribution in [-0.2, 0) is 32.5 Å². The summed E-state index contributed by atoms with van der Waals surface area (Å²) in [7, 11) is 0. The van der Waals surface area contributed by atoms with E-state index >= 15 is 0 Å². The number of benzene rings is 7. The maximum absolute atomic E-state index is 2.74. The van der Waals surface area contributed by atoms with E-state index in [2.05, 4.69) is 272 Å². The number of nitrogens with zero attached hydrogens (tertiary/aromatic N) is 2. The van der Waals surface area contributed by atoms with Crippen molar-refractivity contribution in [2.45, 2.75) is 210 Å². The second-order valence-corrected chi connectivity index (χ2v) is 31.3. The van der Waals surface area contributed by atoms with Gasteiger partial charge >= 0.3 is 0 Å². The zero-order valence-electron chi connectivity index (χ0n) is 52.4. The van der Waals surface area contributed by atoms with Crippen molar-refractivity contribution >= 4 is 89.8 Å². The van der Waals surface area contributed by atoms with Crippen molar-refractivity contribution in [3.63, 3.8) is 0 Å². The summed E-state index contributed by atoms with van der Waals surface area (Å²) in [4.78, 5) is 0. The molecule has 0 N–H and O–H groups in total. The molecule has 0 fully saturated rings. The van der Waals surface area contributed by atoms with Crippen molar-refractivity contribution in [3.8, 4) is 11.4 Å². The largest absolute Gasteiger partial charge is 0.310 e. The van der Waals surface area contributed by atoms with E-state index in [-0.39, 0.29) is 45.9 Å². The third kappa shape index (κ3) is 8.41. The Morgan fingerprint density at radius 3 is 0.910 bits per heavy atom. The number of hydrogen-bond donors (Lipinski definition) is 0. The van der Waals surface area contributed by atoms with Crippen LogP contribution in [0, 0.1) is 13.8 Å². The van der Waals surface area contributed by atoms with E-state index in [1.54, 1.807) is 0 Å². The molecule has 0 amide bonds. The predicted octanol–water partition coefficient (Wildman–Crippen LogP) is 16.2. The molecule has 9 aromatic rings. The highest BCUT2D eigenvalue weighted by atomic mass is 15.0. The van der Waals surface area contributed by atoms with E-state index in [0.29, 0.717) is 11.8 Å². The van der Waals surface area contributed by atoms with Crippen molar-refractivity contribution in [1.29, 1.82) is 0 Å². The van der Waals surface area contributed by atoms with Gasteiger partial charge in [-0.3, -0.25) is 0 Å². The molecule has 2 aliphatic heterocycles. The Hall–Kier alpha value is -5.73. The third-order valence-electron chi connectivity index (χ3n) is 18.3. The van der Waals surface area contributed by atoms with Crippen molar-refractivity contribution in [2.75, 3.05) is 0 Å². The fraction of sp³-hybridized carbons (Fsp3) is 0.432. The lowest BCUT2D eigenvalue weighted by atomic mass is 9.30. The molecule has 0 radical (unpaired) electrons. The second-order valence-electron chi connectivity index (χ2n) is 31.3. The van der Waals surface area contributed by atoms with E-state index < -0.39 is 0 Å². The number of hydrogen-bond acceptors (Lipinski definition) is 0. The van der Waals surface area contributed by atoms with Crippen LogP contribution in [0.25, 0.3) is 55.0 Å². The summed E-state index contributed by atoms with van der Waals surface area (Å²) in [5, 5.41) is 5.41. The SMILES string of the molecule is Cc1ccc2c(c1)c1cc(C(C)C)cc3c1n2-c1cc2c(cc1B3c1c(C(C)(C)C)cc(C(C)(C)C)cc1C(C)(C)C)-n1c3ccc(C)cc3c3cc(C(C)C)cc(c31)B2c1c(C(C)(C)C)cc(C(C)(C)C)cc1C(C)(C)C. The lowest BCUT2D eigenvalue weighted by molar-refractivity contribution is 0.552. The monoisotopic (exact) mass is 1030 g/mol. The van der Waals surface area contributed by atoms with Crippen LogP contribution in [0.5, 0.6) is 0 Å². The average Bonchev–Trinajstić information content (AvgIpc) is 3.35. The molecule has 0 bridgehead atoms. The summed E-state index contributed by atoms with van der Waals surface area (Å²) in [5.41, 5.74) is 29.9. The van der Waals surface area contributed by atoms with Gasteiger partial charge in [0.05, 0.1) is 11.0 Å². The third-order valence-corrected chi connectivity index (χ3v) is 18.3. The zero-order valence-corrected chi connectivity index (χ0v) is 52.4. The maximum atomic E-state index is 2.74. The van der Waals surface area contributed by atoms with Crippen LogP contribution in [-0.4, -0.2) is 22.6 Å². The molecule has 2 aromatic heterocycles. The van der Waals surface area contributed by atoms with E-state index in [4.69, 9.17) is 0 Å². The molecule has 402 valence electrons. The molecule has 2 nitrogen and oxygen atoms in total. The smallest absolute Gasteiger partial charge is 0.247 e. The lowest BCUT2D eigenvalue weighted by Gasteiger charge is -2.40. The minimum Gasteiger partial charge on any atom is -0.310 e. The molecule has 0 spiro atoms. The number of aryl methyl sites for hydroxylation is 2. The van der Waals surface area contributed by atoms with Gasteiger partial charge in [0.2, 0.25) is 13.4 Å². The van der Waals surface area contributed by atoms with E-state index in [0.717, 1.165) is 0 Å². The van der Waals surface area contributed by atoms with Crippen LogP contribution in [0.4, 0.5) is 0 Å². The Balaban J connectivity index is 1.43. The Bertz CT molecular complexity index is 3660. The number of fused-ring (bicyclic) bond motifs is 10. The van der Waals surface area contributed by atoms with Gasteiger partial charge in [-0.1, -0.05) is 223 Å². The molecule has 2 aliphatic rings. The van der Waals surface area contributed by atoms with Crippen LogP contribution in [0.1, 0.15) is 220 Å². The summed E-state index contributed by atoms with van der Waals surface area (Å²) in [6.07, 6.45) is 0. The first-order valence-electron chi connectivity index (χ1n) is 29.7. The molecule has 4 heterocycles. The first-order chi connectivity index (χ1) is 36.0. The fourth-order valence-corrected chi connectivity index (χ4v) is 13.9. The fourth-order valence-electron chi connectivity index (χ4n) is 13.9. The van der Waals surface area contributed by atoms with Crippen molar-refractivity contribution in [3.05, 3.63) is 153 Å². The quantitative estimate of drug-likeness (QED) is 0.156. The van der Waals surface area contributed by atoms with Gasteiger partial charge in [0, 0.05) is 44.0 Å². The lowest BCUT2D eigenvalue weighted by Crippen LogP contribution is -2.63. The van der Waals surface area contributed by atoms with Crippen LogP contribution in [0.3, 0.4) is 0 Å². The molecule has 0 atom stereocenters. The molecule has 0 saturated carbocycles. The van der Waals surface area contributed by atoms with E-state index in [1.807, 2.05) is 0 Å². The Morgan fingerprint density at radius 1 is 0.333 bits per heavy atom. The normalized spacial score (nSPS) is 14.3. The Kier molecular flexibility index (Phi) is 12.1. The van der Waals surface area contributed by atoms with Gasteiger partial charge in [0.1, 0.15) is 0 Å². The molecule has 7 aromatic carbocycles. The van der Waals surface area contributed by atoms with Gasteiger partial charge in [0.15, 0.2) is 0 Å². The van der Waals surface area contributed by atoms with Gasteiger partial charge in [-0.05, 0) is 173 Å². The highest BCUT2D eigenvalue weighted by Crippen LogP contribution is 2.43. The van der Waals surface area contributed by atoms with Gasteiger partial charge in [0.25, 0.3) is 0 Å². The zero-order chi connectivity index (χ0) is 56.8. The van der Waals surface area contributed by atoms with Gasteiger partial charge in [-0.25, -0.2) is 0 Å². The summed E-state index contributed by atoms with van der Waals surface area (Å²) in [5.74, 6) is 0.697. The standard InChI is InChI=1S/C74H90B2N2/c1-41(2)45-31-51-49-29-43(5)25-27-61(49)77-63-40-58-64(39-57(63)75(59(33-45)67(51)77)65-53(71(13,14)15)35-47(69(7,8)9)36-54(65)72(16,17)18)78-62-28-26-44(6)30-50(62)52-32-46(42(3)4)34-60(68(52)78)76(58)66-55(73(19,20)21)37-48(70(10,11)12)38-56(66)74(22,23)24/h25-42H,1-24H3. The minimum atomic E-state index is -0.147. The van der Waals surface area contributed by atoms with E-state index in [1.165, 1.54) is 143 Å². The topological polar surface area (TPSA) is 9.86 Å². The Morgan fingerprint density at radius 2 is 0.641 bits per heavy atom. The van der Waals surface area contributed by atoms with Gasteiger partial charge < -0.3 is 9.13 Å². The molecule has 0 unspecified atom stereocenters. The molecule has 11 rings (SSSR count). The van der Waals surface area contributed by atoms with Gasteiger partial charge in [-0.15, -0.1) is 0 Å². The highest BCUT2D eigenvalue weighted by Gasteiger charge is 2.46. The van der Waals surface area contributed by atoms with Crippen LogP contribution in [0.15, 0.2) is 97.1 Å². The highest BCUT2D eigenvalue weighted by molar-refractivity contribution is 7.00. The van der Waals surface area contributed by atoms with Crippen LogP contribution < -0.4 is 32.8 Å². The maximum Gasteiger partial charge on any atom is 0.247 e. The van der Waals surface area contributed by atoms with Gasteiger partial charge in [-0.2, -0.15) is 0 Å².